The van der Waals surface area contributed by atoms with Crippen molar-refractivity contribution in [3.8, 4) is 0 Å². The van der Waals surface area contributed by atoms with Gasteiger partial charge in [0, 0.05) is 45.7 Å². The van der Waals surface area contributed by atoms with E-state index in [1.165, 1.54) is 48.8 Å². The molecule has 3 heterocycles. The van der Waals surface area contributed by atoms with E-state index in [1.54, 1.807) is 7.11 Å². The van der Waals surface area contributed by atoms with Crippen LogP contribution >= 0.6 is 11.7 Å². The molecule has 1 aliphatic rings. The molecule has 0 saturated carbocycles. The molecule has 0 aliphatic carbocycles. The number of hydrogen-bond donors (Lipinski definition) is 0. The third kappa shape index (κ3) is 5.79. The van der Waals surface area contributed by atoms with E-state index in [2.05, 4.69) is 53.9 Å². The van der Waals surface area contributed by atoms with E-state index >= 15 is 0 Å². The molecule has 6 nitrogen and oxygen atoms in total. The van der Waals surface area contributed by atoms with Crippen LogP contribution in [0.15, 0.2) is 42.7 Å². The van der Waals surface area contributed by atoms with E-state index in [0.717, 1.165) is 49.7 Å². The number of pyridine rings is 1. The third-order valence-corrected chi connectivity index (χ3v) is 6.27. The van der Waals surface area contributed by atoms with E-state index in [-0.39, 0.29) is 0 Å². The normalized spacial score (nSPS) is 16.1. The highest BCUT2D eigenvalue weighted by Crippen LogP contribution is 2.22. The Balaban J connectivity index is 1.41. The molecular formula is C22H29N5OS. The highest BCUT2D eigenvalue weighted by molar-refractivity contribution is 7.00. The molecule has 0 unspecified atom stereocenters. The predicted octanol–water partition coefficient (Wildman–Crippen LogP) is 3.45. The number of fused-ring (bicyclic) bond motifs is 1. The van der Waals surface area contributed by atoms with Gasteiger partial charge in [-0.2, -0.15) is 8.75 Å². The fourth-order valence-electron chi connectivity index (χ4n) is 4.09. The monoisotopic (exact) mass is 411 g/mol. The summed E-state index contributed by atoms with van der Waals surface area (Å²) in [6, 6.07) is 10.7. The fraction of sp³-hybridized carbons (Fsp3) is 0.500. The smallest absolute Gasteiger partial charge is 0.105 e. The largest absolute Gasteiger partial charge is 0.383 e. The van der Waals surface area contributed by atoms with Gasteiger partial charge >= 0.3 is 0 Å². The van der Waals surface area contributed by atoms with Gasteiger partial charge in [-0.3, -0.25) is 9.88 Å². The van der Waals surface area contributed by atoms with Crippen molar-refractivity contribution in [2.45, 2.75) is 25.9 Å². The zero-order valence-electron chi connectivity index (χ0n) is 17.0. The minimum absolute atomic E-state index is 0.736. The lowest BCUT2D eigenvalue weighted by Crippen LogP contribution is -2.39. The quantitative estimate of drug-likeness (QED) is 0.538. The molecule has 0 bridgehead atoms. The lowest BCUT2D eigenvalue weighted by molar-refractivity contribution is 0.104. The molecule has 7 heteroatoms. The van der Waals surface area contributed by atoms with Crippen LogP contribution in [0, 0.1) is 5.92 Å². The molecule has 0 N–H and O–H groups in total. The van der Waals surface area contributed by atoms with Crippen LogP contribution in [0.25, 0.3) is 11.0 Å². The van der Waals surface area contributed by atoms with Gasteiger partial charge in [-0.15, -0.1) is 0 Å². The molecule has 1 fully saturated rings. The predicted molar refractivity (Wildman–Crippen MR) is 117 cm³/mol. The van der Waals surface area contributed by atoms with Crippen molar-refractivity contribution in [1.82, 2.24) is 23.5 Å². The summed E-state index contributed by atoms with van der Waals surface area (Å²) < 4.78 is 14.0. The molecule has 0 amide bonds. The Morgan fingerprint density at radius 3 is 2.59 bits per heavy atom. The van der Waals surface area contributed by atoms with Crippen LogP contribution in [-0.4, -0.2) is 63.4 Å². The summed E-state index contributed by atoms with van der Waals surface area (Å²) >= 11 is 1.28. The maximum absolute atomic E-state index is 5.23. The second-order valence-corrected chi connectivity index (χ2v) is 8.42. The maximum atomic E-state index is 5.23. The molecule has 0 atom stereocenters. The SMILES string of the molecule is COCCN1CCC(CN(Cc2ccncc2)Cc2ccc3nsnc3c2)CC1. The minimum Gasteiger partial charge on any atom is -0.383 e. The van der Waals surface area contributed by atoms with Crippen molar-refractivity contribution in [3.63, 3.8) is 0 Å². The molecule has 0 spiro atoms. The van der Waals surface area contributed by atoms with Crippen LogP contribution in [0.4, 0.5) is 0 Å². The number of nitrogens with zero attached hydrogens (tertiary/aromatic N) is 5. The second kappa shape index (κ2) is 10.2. The Kier molecular flexibility index (Phi) is 7.16. The number of rotatable bonds is 9. The summed E-state index contributed by atoms with van der Waals surface area (Å²) in [4.78, 5) is 9.26. The third-order valence-electron chi connectivity index (χ3n) is 5.72. The van der Waals surface area contributed by atoms with Gasteiger partial charge in [0.15, 0.2) is 0 Å². The molecule has 1 aliphatic heterocycles. The van der Waals surface area contributed by atoms with E-state index in [9.17, 15) is 0 Å². The molecule has 1 aromatic carbocycles. The van der Waals surface area contributed by atoms with Gasteiger partial charge < -0.3 is 9.64 Å². The first-order chi connectivity index (χ1) is 14.3. The number of benzene rings is 1. The Morgan fingerprint density at radius 2 is 1.79 bits per heavy atom. The van der Waals surface area contributed by atoms with Crippen LogP contribution in [0.1, 0.15) is 24.0 Å². The molecule has 154 valence electrons. The zero-order chi connectivity index (χ0) is 19.9. The van der Waals surface area contributed by atoms with Crippen LogP contribution < -0.4 is 0 Å². The van der Waals surface area contributed by atoms with E-state index in [0.29, 0.717) is 0 Å². The molecule has 0 radical (unpaired) electrons. The molecule has 2 aromatic heterocycles. The van der Waals surface area contributed by atoms with E-state index in [4.69, 9.17) is 4.74 Å². The summed E-state index contributed by atoms with van der Waals surface area (Å²) in [5, 5.41) is 0. The lowest BCUT2D eigenvalue weighted by atomic mass is 9.95. The number of hydrogen-bond acceptors (Lipinski definition) is 7. The first kappa shape index (κ1) is 20.3. The Labute approximate surface area is 176 Å². The summed E-state index contributed by atoms with van der Waals surface area (Å²) in [5.41, 5.74) is 4.61. The van der Waals surface area contributed by atoms with Crippen molar-refractivity contribution >= 4 is 22.8 Å². The van der Waals surface area contributed by atoms with E-state index in [1.807, 2.05) is 12.4 Å². The van der Waals surface area contributed by atoms with Gasteiger partial charge in [0.2, 0.25) is 0 Å². The average Bonchev–Trinajstić information content (AvgIpc) is 3.22. The van der Waals surface area contributed by atoms with Gasteiger partial charge in [-0.25, -0.2) is 0 Å². The topological polar surface area (TPSA) is 54.4 Å². The first-order valence-corrected chi connectivity index (χ1v) is 11.1. The minimum atomic E-state index is 0.736. The second-order valence-electron chi connectivity index (χ2n) is 7.89. The van der Waals surface area contributed by atoms with E-state index < -0.39 is 0 Å². The van der Waals surface area contributed by atoms with Crippen molar-refractivity contribution < 1.29 is 4.74 Å². The Bertz CT molecular complexity index is 879. The van der Waals surface area contributed by atoms with Crippen LogP contribution in [-0.2, 0) is 17.8 Å². The van der Waals surface area contributed by atoms with Gasteiger partial charge in [-0.1, -0.05) is 6.07 Å². The van der Waals surface area contributed by atoms with Gasteiger partial charge in [-0.05, 0) is 67.2 Å². The van der Waals surface area contributed by atoms with Crippen LogP contribution in [0.2, 0.25) is 0 Å². The average molecular weight is 412 g/mol. The highest BCUT2D eigenvalue weighted by Gasteiger charge is 2.21. The Morgan fingerprint density at radius 1 is 1.03 bits per heavy atom. The molecular weight excluding hydrogens is 382 g/mol. The number of ether oxygens (including phenoxy) is 1. The van der Waals surface area contributed by atoms with Crippen molar-refractivity contribution in [3.05, 3.63) is 53.9 Å². The molecule has 3 aromatic rings. The van der Waals surface area contributed by atoms with Gasteiger partial charge in [0.25, 0.3) is 0 Å². The zero-order valence-corrected chi connectivity index (χ0v) is 17.9. The standard InChI is InChI=1S/C22H29N5OS/c1-28-13-12-26-10-6-19(7-11-26)16-27(15-18-4-8-23-9-5-18)17-20-2-3-21-22(14-20)25-29-24-21/h2-5,8-9,14,19H,6-7,10-13,15-17H2,1H3. The lowest BCUT2D eigenvalue weighted by Gasteiger charge is -2.35. The highest BCUT2D eigenvalue weighted by atomic mass is 32.1. The van der Waals surface area contributed by atoms with Crippen LogP contribution in [0.3, 0.4) is 0 Å². The Hall–Kier alpha value is -1.93. The van der Waals surface area contributed by atoms with Crippen molar-refractivity contribution in [1.29, 1.82) is 0 Å². The molecule has 29 heavy (non-hydrogen) atoms. The summed E-state index contributed by atoms with van der Waals surface area (Å²) in [6.07, 6.45) is 6.28. The number of piperidine rings is 1. The van der Waals surface area contributed by atoms with Crippen molar-refractivity contribution in [2.75, 3.05) is 39.9 Å². The molecule has 4 rings (SSSR count). The summed E-state index contributed by atoms with van der Waals surface area (Å²) in [6.45, 7) is 7.22. The number of methoxy groups -OCH3 is 1. The molecule has 1 saturated heterocycles. The van der Waals surface area contributed by atoms with Gasteiger partial charge in [0.1, 0.15) is 11.0 Å². The summed E-state index contributed by atoms with van der Waals surface area (Å²) in [5.74, 6) is 0.736. The van der Waals surface area contributed by atoms with Crippen LogP contribution in [0.5, 0.6) is 0 Å². The number of likely N-dealkylation sites (tertiary alicyclic amines) is 1. The maximum Gasteiger partial charge on any atom is 0.105 e. The fourth-order valence-corrected chi connectivity index (χ4v) is 4.61. The summed E-state index contributed by atoms with van der Waals surface area (Å²) in [7, 11) is 1.78. The van der Waals surface area contributed by atoms with Gasteiger partial charge in [0.05, 0.1) is 18.3 Å². The first-order valence-electron chi connectivity index (χ1n) is 10.3. The van der Waals surface area contributed by atoms with Crippen molar-refractivity contribution in [2.24, 2.45) is 5.92 Å². The number of aromatic nitrogens is 3.